The van der Waals surface area contributed by atoms with Gasteiger partial charge in [-0.2, -0.15) is 0 Å². The quantitative estimate of drug-likeness (QED) is 0.790. The SMILES string of the molecule is CCCCCn1nnnc1-c1ccc(CN)cc1. The highest BCUT2D eigenvalue weighted by atomic mass is 15.5. The number of nitrogens with zero attached hydrogens (tertiary/aromatic N) is 4. The van der Waals surface area contributed by atoms with E-state index in [0.29, 0.717) is 6.54 Å². The van der Waals surface area contributed by atoms with Crippen molar-refractivity contribution in [3.05, 3.63) is 29.8 Å². The van der Waals surface area contributed by atoms with Gasteiger partial charge in [0, 0.05) is 18.7 Å². The Kier molecular flexibility index (Phi) is 4.41. The average molecular weight is 245 g/mol. The van der Waals surface area contributed by atoms with Crippen molar-refractivity contribution >= 4 is 0 Å². The summed E-state index contributed by atoms with van der Waals surface area (Å²) in [7, 11) is 0. The van der Waals surface area contributed by atoms with Crippen LogP contribution in [-0.4, -0.2) is 20.2 Å². The van der Waals surface area contributed by atoms with Crippen molar-refractivity contribution in [3.8, 4) is 11.4 Å². The Labute approximate surface area is 107 Å². The molecule has 0 amide bonds. The second kappa shape index (κ2) is 6.26. The van der Waals surface area contributed by atoms with E-state index < -0.39 is 0 Å². The second-order valence-corrected chi connectivity index (χ2v) is 4.33. The zero-order chi connectivity index (χ0) is 12.8. The lowest BCUT2D eigenvalue weighted by Gasteiger charge is -2.04. The lowest BCUT2D eigenvalue weighted by Crippen LogP contribution is -2.03. The number of aromatic nitrogens is 4. The Morgan fingerprint density at radius 1 is 1.17 bits per heavy atom. The third kappa shape index (κ3) is 2.92. The van der Waals surface area contributed by atoms with Gasteiger partial charge in [-0.05, 0) is 22.4 Å². The molecule has 0 aliphatic heterocycles. The van der Waals surface area contributed by atoms with E-state index >= 15 is 0 Å². The van der Waals surface area contributed by atoms with Gasteiger partial charge in [0.1, 0.15) is 0 Å². The summed E-state index contributed by atoms with van der Waals surface area (Å²) < 4.78 is 1.87. The Morgan fingerprint density at radius 2 is 1.94 bits per heavy atom. The van der Waals surface area contributed by atoms with Crippen molar-refractivity contribution in [3.63, 3.8) is 0 Å². The molecule has 5 nitrogen and oxygen atoms in total. The second-order valence-electron chi connectivity index (χ2n) is 4.33. The topological polar surface area (TPSA) is 69.6 Å². The van der Waals surface area contributed by atoms with E-state index in [-0.39, 0.29) is 0 Å². The average Bonchev–Trinajstić information content (AvgIpc) is 2.88. The molecular formula is C13H19N5. The first kappa shape index (κ1) is 12.7. The zero-order valence-electron chi connectivity index (χ0n) is 10.7. The molecule has 1 aromatic heterocycles. The third-order valence-corrected chi connectivity index (χ3v) is 2.95. The van der Waals surface area contributed by atoms with Crippen LogP contribution in [0.4, 0.5) is 0 Å². The predicted octanol–water partition coefficient (Wildman–Crippen LogP) is 1.99. The molecule has 0 saturated carbocycles. The van der Waals surface area contributed by atoms with E-state index in [9.17, 15) is 0 Å². The normalized spacial score (nSPS) is 10.8. The van der Waals surface area contributed by atoms with Gasteiger partial charge in [-0.3, -0.25) is 0 Å². The summed E-state index contributed by atoms with van der Waals surface area (Å²) in [6, 6.07) is 8.06. The summed E-state index contributed by atoms with van der Waals surface area (Å²) in [4.78, 5) is 0. The molecule has 0 fully saturated rings. The number of hydrogen-bond donors (Lipinski definition) is 1. The summed E-state index contributed by atoms with van der Waals surface area (Å²) in [5.74, 6) is 0.828. The standard InChI is InChI=1S/C13H19N5/c1-2-3-4-9-18-13(15-16-17-18)12-7-5-11(10-14)6-8-12/h5-8H,2-4,9-10,14H2,1H3. The lowest BCUT2D eigenvalue weighted by molar-refractivity contribution is 0.541. The molecule has 96 valence electrons. The van der Waals surface area contributed by atoms with Gasteiger partial charge in [0.25, 0.3) is 0 Å². The number of rotatable bonds is 6. The molecule has 1 heterocycles. The van der Waals surface area contributed by atoms with Crippen molar-refractivity contribution < 1.29 is 0 Å². The number of tetrazole rings is 1. The summed E-state index contributed by atoms with van der Waals surface area (Å²) in [6.45, 7) is 3.61. The molecule has 1 aromatic carbocycles. The highest BCUT2D eigenvalue weighted by Crippen LogP contribution is 2.16. The predicted molar refractivity (Wildman–Crippen MR) is 70.7 cm³/mol. The first-order valence-electron chi connectivity index (χ1n) is 6.40. The van der Waals surface area contributed by atoms with Crippen molar-refractivity contribution in [2.24, 2.45) is 5.73 Å². The van der Waals surface area contributed by atoms with Gasteiger partial charge in [0.2, 0.25) is 0 Å². The molecule has 5 heteroatoms. The van der Waals surface area contributed by atoms with Crippen LogP contribution in [0.5, 0.6) is 0 Å². The van der Waals surface area contributed by atoms with E-state index in [0.717, 1.165) is 29.9 Å². The van der Waals surface area contributed by atoms with Crippen molar-refractivity contribution in [2.45, 2.75) is 39.3 Å². The van der Waals surface area contributed by atoms with Crippen LogP contribution in [0.1, 0.15) is 31.7 Å². The summed E-state index contributed by atoms with van der Waals surface area (Å²) in [6.07, 6.45) is 3.50. The van der Waals surface area contributed by atoms with Gasteiger partial charge in [0.15, 0.2) is 5.82 Å². The van der Waals surface area contributed by atoms with Crippen LogP contribution in [0, 0.1) is 0 Å². The van der Waals surface area contributed by atoms with Crippen LogP contribution >= 0.6 is 0 Å². The largest absolute Gasteiger partial charge is 0.326 e. The molecule has 2 rings (SSSR count). The fraction of sp³-hybridized carbons (Fsp3) is 0.462. The molecule has 2 aromatic rings. The number of hydrogen-bond acceptors (Lipinski definition) is 4. The Hall–Kier alpha value is -1.75. The van der Waals surface area contributed by atoms with Crippen LogP contribution in [0.2, 0.25) is 0 Å². The summed E-state index contributed by atoms with van der Waals surface area (Å²) >= 11 is 0. The van der Waals surface area contributed by atoms with Gasteiger partial charge < -0.3 is 5.73 Å². The van der Waals surface area contributed by atoms with E-state index in [1.807, 2.05) is 28.9 Å². The minimum absolute atomic E-state index is 0.557. The molecule has 0 bridgehead atoms. The highest BCUT2D eigenvalue weighted by Gasteiger charge is 2.08. The maximum absolute atomic E-state index is 5.58. The third-order valence-electron chi connectivity index (χ3n) is 2.95. The van der Waals surface area contributed by atoms with Crippen LogP contribution in [0.15, 0.2) is 24.3 Å². The first-order valence-corrected chi connectivity index (χ1v) is 6.40. The van der Waals surface area contributed by atoms with Crippen LogP contribution in [0.25, 0.3) is 11.4 Å². The summed E-state index contributed by atoms with van der Waals surface area (Å²) in [5, 5.41) is 11.9. The van der Waals surface area contributed by atoms with Gasteiger partial charge in [0.05, 0.1) is 0 Å². The van der Waals surface area contributed by atoms with Crippen LogP contribution in [-0.2, 0) is 13.1 Å². The Balaban J connectivity index is 2.14. The van der Waals surface area contributed by atoms with Gasteiger partial charge in [-0.1, -0.05) is 44.0 Å². The van der Waals surface area contributed by atoms with Crippen molar-refractivity contribution in [1.29, 1.82) is 0 Å². The monoisotopic (exact) mass is 245 g/mol. The van der Waals surface area contributed by atoms with E-state index in [4.69, 9.17) is 5.73 Å². The molecule has 18 heavy (non-hydrogen) atoms. The fourth-order valence-corrected chi connectivity index (χ4v) is 1.86. The van der Waals surface area contributed by atoms with E-state index in [1.165, 1.54) is 12.8 Å². The van der Waals surface area contributed by atoms with Crippen molar-refractivity contribution in [2.75, 3.05) is 0 Å². The minimum Gasteiger partial charge on any atom is -0.326 e. The number of aryl methyl sites for hydroxylation is 1. The molecule has 0 saturated heterocycles. The Bertz CT molecular complexity index is 474. The molecule has 0 atom stereocenters. The van der Waals surface area contributed by atoms with Crippen molar-refractivity contribution in [1.82, 2.24) is 20.2 Å². The number of unbranched alkanes of at least 4 members (excludes halogenated alkanes) is 2. The van der Waals surface area contributed by atoms with E-state index in [1.54, 1.807) is 0 Å². The van der Waals surface area contributed by atoms with Crippen LogP contribution < -0.4 is 5.73 Å². The fourth-order valence-electron chi connectivity index (χ4n) is 1.86. The van der Waals surface area contributed by atoms with Gasteiger partial charge >= 0.3 is 0 Å². The molecule has 0 spiro atoms. The van der Waals surface area contributed by atoms with E-state index in [2.05, 4.69) is 22.4 Å². The Morgan fingerprint density at radius 3 is 2.61 bits per heavy atom. The van der Waals surface area contributed by atoms with Crippen LogP contribution in [0.3, 0.4) is 0 Å². The summed E-state index contributed by atoms with van der Waals surface area (Å²) in [5.41, 5.74) is 7.73. The highest BCUT2D eigenvalue weighted by molar-refractivity contribution is 5.54. The molecular weight excluding hydrogens is 226 g/mol. The molecule has 0 aliphatic rings. The number of benzene rings is 1. The molecule has 0 aliphatic carbocycles. The van der Waals surface area contributed by atoms with Gasteiger partial charge in [-0.25, -0.2) is 4.68 Å². The maximum Gasteiger partial charge on any atom is 0.182 e. The van der Waals surface area contributed by atoms with Gasteiger partial charge in [-0.15, -0.1) is 5.10 Å². The maximum atomic E-state index is 5.58. The zero-order valence-corrected chi connectivity index (χ0v) is 10.7. The molecule has 0 radical (unpaired) electrons. The lowest BCUT2D eigenvalue weighted by atomic mass is 10.1. The molecule has 0 unspecified atom stereocenters. The first-order chi connectivity index (χ1) is 8.85. The number of nitrogens with two attached hydrogens (primary N) is 1. The molecule has 2 N–H and O–H groups in total. The smallest absolute Gasteiger partial charge is 0.182 e. The minimum atomic E-state index is 0.557.